The molecule has 20 heavy (non-hydrogen) atoms. The quantitative estimate of drug-likeness (QED) is 0.905. The van der Waals surface area contributed by atoms with Gasteiger partial charge < -0.3 is 10.6 Å². The van der Waals surface area contributed by atoms with Gasteiger partial charge >= 0.3 is 0 Å². The predicted molar refractivity (Wildman–Crippen MR) is 84.8 cm³/mol. The number of hydrogen-bond donors (Lipinski definition) is 1. The first kappa shape index (κ1) is 14.5. The average molecular weight is 269 g/mol. The summed E-state index contributed by atoms with van der Waals surface area (Å²) in [6.07, 6.45) is 0. The molecule has 1 aromatic carbocycles. The molecule has 3 heteroatoms. The minimum Gasteiger partial charge on any atom is -0.355 e. The molecule has 3 nitrogen and oxygen atoms in total. The highest BCUT2D eigenvalue weighted by molar-refractivity contribution is 5.43. The molecule has 0 saturated carbocycles. The second-order valence-corrected chi connectivity index (χ2v) is 5.46. The highest BCUT2D eigenvalue weighted by Crippen LogP contribution is 2.20. The standard InChI is InChI=1S/C17H23N3/c1-13(2)16-9-15(11-18)10-17(19-16)20(3)12-14-7-5-4-6-8-14/h4-10,13H,11-12,18H2,1-3H3. The van der Waals surface area contributed by atoms with Gasteiger partial charge in [-0.3, -0.25) is 0 Å². The number of pyridine rings is 1. The van der Waals surface area contributed by atoms with Crippen LogP contribution < -0.4 is 10.6 Å². The number of nitrogens with two attached hydrogens (primary N) is 1. The van der Waals surface area contributed by atoms with Gasteiger partial charge in [0.05, 0.1) is 0 Å². The summed E-state index contributed by atoms with van der Waals surface area (Å²) >= 11 is 0. The molecule has 1 aromatic heterocycles. The lowest BCUT2D eigenvalue weighted by Crippen LogP contribution is -2.19. The van der Waals surface area contributed by atoms with E-state index in [1.807, 2.05) is 6.07 Å². The number of hydrogen-bond acceptors (Lipinski definition) is 3. The Morgan fingerprint density at radius 3 is 2.40 bits per heavy atom. The van der Waals surface area contributed by atoms with E-state index in [4.69, 9.17) is 10.7 Å². The number of nitrogens with zero attached hydrogens (tertiary/aromatic N) is 2. The Labute approximate surface area is 121 Å². The van der Waals surface area contributed by atoms with Crippen LogP contribution in [0.3, 0.4) is 0 Å². The summed E-state index contributed by atoms with van der Waals surface area (Å²) in [6.45, 7) is 5.71. The van der Waals surface area contributed by atoms with Crippen LogP contribution in [0.4, 0.5) is 5.82 Å². The zero-order valence-corrected chi connectivity index (χ0v) is 12.5. The fourth-order valence-electron chi connectivity index (χ4n) is 2.14. The van der Waals surface area contributed by atoms with Crippen molar-refractivity contribution in [1.82, 2.24) is 4.98 Å². The van der Waals surface area contributed by atoms with Gasteiger partial charge in [-0.15, -0.1) is 0 Å². The van der Waals surface area contributed by atoms with Crippen LogP contribution in [0, 0.1) is 0 Å². The van der Waals surface area contributed by atoms with Gasteiger partial charge in [0.15, 0.2) is 0 Å². The Balaban J connectivity index is 2.24. The molecular weight excluding hydrogens is 246 g/mol. The average Bonchev–Trinajstić information content (AvgIpc) is 2.47. The van der Waals surface area contributed by atoms with Crippen LogP contribution in [0.2, 0.25) is 0 Å². The maximum Gasteiger partial charge on any atom is 0.129 e. The fourth-order valence-corrected chi connectivity index (χ4v) is 2.14. The Hall–Kier alpha value is -1.87. The van der Waals surface area contributed by atoms with Crippen molar-refractivity contribution in [2.24, 2.45) is 5.73 Å². The number of benzene rings is 1. The third-order valence-electron chi connectivity index (χ3n) is 3.37. The van der Waals surface area contributed by atoms with Gasteiger partial charge in [-0.25, -0.2) is 4.98 Å². The molecule has 0 aliphatic carbocycles. The number of anilines is 1. The lowest BCUT2D eigenvalue weighted by atomic mass is 10.1. The van der Waals surface area contributed by atoms with Gasteiger partial charge in [0.25, 0.3) is 0 Å². The highest BCUT2D eigenvalue weighted by Gasteiger charge is 2.09. The maximum absolute atomic E-state index is 5.79. The minimum atomic E-state index is 0.408. The van der Waals surface area contributed by atoms with Crippen molar-refractivity contribution in [2.75, 3.05) is 11.9 Å². The molecule has 1 heterocycles. The Morgan fingerprint density at radius 1 is 1.10 bits per heavy atom. The van der Waals surface area contributed by atoms with E-state index in [0.717, 1.165) is 23.6 Å². The van der Waals surface area contributed by atoms with Gasteiger partial charge in [-0.1, -0.05) is 44.2 Å². The van der Waals surface area contributed by atoms with Crippen molar-refractivity contribution in [3.05, 3.63) is 59.3 Å². The SMILES string of the molecule is CC(C)c1cc(CN)cc(N(C)Cc2ccccc2)n1. The van der Waals surface area contributed by atoms with Crippen LogP contribution in [0.5, 0.6) is 0 Å². The van der Waals surface area contributed by atoms with E-state index in [9.17, 15) is 0 Å². The summed E-state index contributed by atoms with van der Waals surface area (Å²) in [7, 11) is 2.07. The molecule has 0 amide bonds. The van der Waals surface area contributed by atoms with Crippen molar-refractivity contribution in [3.63, 3.8) is 0 Å². The zero-order valence-electron chi connectivity index (χ0n) is 12.5. The molecule has 0 fully saturated rings. The van der Waals surface area contributed by atoms with Crippen LogP contribution >= 0.6 is 0 Å². The fraction of sp³-hybridized carbons (Fsp3) is 0.353. The van der Waals surface area contributed by atoms with Crippen molar-refractivity contribution >= 4 is 5.82 Å². The first-order valence-corrected chi connectivity index (χ1v) is 7.06. The minimum absolute atomic E-state index is 0.408. The molecule has 0 aliphatic heterocycles. The van der Waals surface area contributed by atoms with Crippen LogP contribution in [0.1, 0.15) is 36.6 Å². The summed E-state index contributed by atoms with van der Waals surface area (Å²) in [5, 5.41) is 0. The second-order valence-electron chi connectivity index (χ2n) is 5.46. The van der Waals surface area contributed by atoms with Crippen molar-refractivity contribution in [2.45, 2.75) is 32.9 Å². The molecule has 0 aliphatic rings. The van der Waals surface area contributed by atoms with Gasteiger partial charge in [-0.05, 0) is 29.2 Å². The van der Waals surface area contributed by atoms with E-state index < -0.39 is 0 Å². The lowest BCUT2D eigenvalue weighted by Gasteiger charge is -2.20. The van der Waals surface area contributed by atoms with E-state index in [2.05, 4.69) is 62.2 Å². The summed E-state index contributed by atoms with van der Waals surface area (Å²) in [5.74, 6) is 1.39. The topological polar surface area (TPSA) is 42.1 Å². The molecule has 0 atom stereocenters. The van der Waals surface area contributed by atoms with Crippen LogP contribution in [0.25, 0.3) is 0 Å². The first-order valence-electron chi connectivity index (χ1n) is 7.06. The van der Waals surface area contributed by atoms with Crippen molar-refractivity contribution in [1.29, 1.82) is 0 Å². The van der Waals surface area contributed by atoms with Gasteiger partial charge in [0, 0.05) is 25.8 Å². The summed E-state index contributed by atoms with van der Waals surface area (Å²) in [4.78, 5) is 6.91. The molecule has 106 valence electrons. The molecule has 0 radical (unpaired) electrons. The normalized spacial score (nSPS) is 10.8. The molecule has 0 saturated heterocycles. The third kappa shape index (κ3) is 3.58. The summed E-state index contributed by atoms with van der Waals surface area (Å²) in [5.41, 5.74) is 9.31. The molecule has 2 N–H and O–H groups in total. The molecular formula is C17H23N3. The van der Waals surface area contributed by atoms with E-state index >= 15 is 0 Å². The Morgan fingerprint density at radius 2 is 1.80 bits per heavy atom. The van der Waals surface area contributed by atoms with Crippen molar-refractivity contribution in [3.8, 4) is 0 Å². The third-order valence-corrected chi connectivity index (χ3v) is 3.37. The highest BCUT2D eigenvalue weighted by atomic mass is 15.2. The van der Waals surface area contributed by atoms with Crippen LogP contribution in [0.15, 0.2) is 42.5 Å². The molecule has 0 unspecified atom stereocenters. The number of rotatable bonds is 5. The molecule has 0 spiro atoms. The molecule has 2 aromatic rings. The van der Waals surface area contributed by atoms with E-state index in [-0.39, 0.29) is 0 Å². The summed E-state index contributed by atoms with van der Waals surface area (Å²) in [6, 6.07) is 14.6. The predicted octanol–water partition coefficient (Wildman–Crippen LogP) is 3.30. The Bertz CT molecular complexity index is 549. The van der Waals surface area contributed by atoms with Crippen molar-refractivity contribution < 1.29 is 0 Å². The van der Waals surface area contributed by atoms with Crippen LogP contribution in [-0.4, -0.2) is 12.0 Å². The maximum atomic E-state index is 5.79. The smallest absolute Gasteiger partial charge is 0.129 e. The van der Waals surface area contributed by atoms with Gasteiger partial charge in [0.1, 0.15) is 5.82 Å². The second kappa shape index (κ2) is 6.53. The lowest BCUT2D eigenvalue weighted by molar-refractivity contribution is 0.800. The molecule has 2 rings (SSSR count). The van der Waals surface area contributed by atoms with E-state index in [1.54, 1.807) is 0 Å². The van der Waals surface area contributed by atoms with Gasteiger partial charge in [0.2, 0.25) is 0 Å². The zero-order chi connectivity index (χ0) is 14.5. The van der Waals surface area contributed by atoms with E-state index in [1.165, 1.54) is 5.56 Å². The largest absolute Gasteiger partial charge is 0.355 e. The van der Waals surface area contributed by atoms with Gasteiger partial charge in [-0.2, -0.15) is 0 Å². The molecule has 0 bridgehead atoms. The Kier molecular flexibility index (Phi) is 4.74. The first-order chi connectivity index (χ1) is 9.60. The van der Waals surface area contributed by atoms with Crippen LogP contribution in [-0.2, 0) is 13.1 Å². The number of aromatic nitrogens is 1. The summed E-state index contributed by atoms with van der Waals surface area (Å²) < 4.78 is 0. The van der Waals surface area contributed by atoms with E-state index in [0.29, 0.717) is 12.5 Å². The monoisotopic (exact) mass is 269 g/mol.